The molecule has 10 nitrogen and oxygen atoms in total. The van der Waals surface area contributed by atoms with Gasteiger partial charge in [0, 0.05) is 55.7 Å². The number of nitrogens with zero attached hydrogens (tertiary/aromatic N) is 3. The highest BCUT2D eigenvalue weighted by atomic mass is 16.6. The largest absolute Gasteiger partial charge is 0.444 e. The van der Waals surface area contributed by atoms with Crippen LogP contribution in [0, 0.1) is 5.92 Å². The molecule has 2 fully saturated rings. The van der Waals surface area contributed by atoms with Crippen LogP contribution in [0.1, 0.15) is 63.7 Å². The van der Waals surface area contributed by atoms with E-state index in [4.69, 9.17) is 10.5 Å². The average Bonchev–Trinajstić information content (AvgIpc) is 2.85. The van der Waals surface area contributed by atoms with Crippen LogP contribution in [-0.2, 0) is 9.53 Å². The summed E-state index contributed by atoms with van der Waals surface area (Å²) < 4.78 is 5.52. The lowest BCUT2D eigenvalue weighted by atomic mass is 9.93. The molecule has 4 rings (SSSR count). The second-order valence-electron chi connectivity index (χ2n) is 11.1. The summed E-state index contributed by atoms with van der Waals surface area (Å²) in [5, 5.41) is 6.74. The molecule has 1 unspecified atom stereocenters. The van der Waals surface area contributed by atoms with Crippen molar-refractivity contribution in [1.82, 2.24) is 9.88 Å². The molecule has 4 N–H and O–H groups in total. The lowest BCUT2D eigenvalue weighted by Gasteiger charge is -2.38. The van der Waals surface area contributed by atoms with E-state index in [2.05, 4.69) is 22.5 Å². The fourth-order valence-corrected chi connectivity index (χ4v) is 4.84. The molecule has 0 saturated carbocycles. The van der Waals surface area contributed by atoms with Gasteiger partial charge in [-0.15, -0.1) is 0 Å². The molecule has 1 aromatic carbocycles. The van der Waals surface area contributed by atoms with Crippen molar-refractivity contribution in [3.63, 3.8) is 0 Å². The number of benzene rings is 1. The average molecular weight is 523 g/mol. The van der Waals surface area contributed by atoms with Gasteiger partial charge in [0.2, 0.25) is 5.91 Å². The summed E-state index contributed by atoms with van der Waals surface area (Å²) in [6.45, 7) is 9.46. The minimum Gasteiger partial charge on any atom is -0.444 e. The van der Waals surface area contributed by atoms with Gasteiger partial charge in [-0.05, 0) is 70.2 Å². The highest BCUT2D eigenvalue weighted by molar-refractivity contribution is 5.98. The third-order valence-electron chi connectivity index (χ3n) is 6.84. The lowest BCUT2D eigenvalue weighted by molar-refractivity contribution is -0.119. The second kappa shape index (κ2) is 11.3. The Hall–Kier alpha value is -3.82. The Morgan fingerprint density at radius 2 is 1.87 bits per heavy atom. The maximum atomic E-state index is 12.5. The molecule has 0 spiro atoms. The summed E-state index contributed by atoms with van der Waals surface area (Å²) in [4.78, 5) is 44.8. The van der Waals surface area contributed by atoms with E-state index in [9.17, 15) is 14.4 Å². The lowest BCUT2D eigenvalue weighted by Crippen LogP contribution is -2.49. The van der Waals surface area contributed by atoms with Crippen LogP contribution in [0.25, 0.3) is 0 Å². The van der Waals surface area contributed by atoms with Gasteiger partial charge in [0.15, 0.2) is 0 Å². The normalized spacial score (nSPS) is 20.2. The molecule has 38 heavy (non-hydrogen) atoms. The predicted molar refractivity (Wildman–Crippen MR) is 148 cm³/mol. The molecule has 2 atom stereocenters. The SMILES string of the molecule is CC1CN(C(=O)OC(C)(C)C)CC[C@H]1Nc1cc(Nc2ccc(N3CCCCC3=O)cc2)ncc1C(N)=O. The van der Waals surface area contributed by atoms with Crippen molar-refractivity contribution in [2.45, 2.75) is 65.0 Å². The number of amides is 3. The summed E-state index contributed by atoms with van der Waals surface area (Å²) in [7, 11) is 0. The monoisotopic (exact) mass is 522 g/mol. The summed E-state index contributed by atoms with van der Waals surface area (Å²) >= 11 is 0. The Morgan fingerprint density at radius 3 is 2.50 bits per heavy atom. The number of carbonyl (C=O) groups is 3. The van der Waals surface area contributed by atoms with Gasteiger partial charge in [0.1, 0.15) is 11.4 Å². The Morgan fingerprint density at radius 1 is 1.13 bits per heavy atom. The van der Waals surface area contributed by atoms with Crippen molar-refractivity contribution < 1.29 is 19.1 Å². The molecule has 3 heterocycles. The van der Waals surface area contributed by atoms with Gasteiger partial charge in [-0.3, -0.25) is 9.59 Å². The van der Waals surface area contributed by atoms with Crippen molar-refractivity contribution in [1.29, 1.82) is 0 Å². The van der Waals surface area contributed by atoms with Crippen LogP contribution < -0.4 is 21.3 Å². The number of nitrogens with two attached hydrogens (primary N) is 1. The van der Waals surface area contributed by atoms with E-state index >= 15 is 0 Å². The first-order valence-electron chi connectivity index (χ1n) is 13.2. The molecule has 1 aromatic heterocycles. The number of hydrogen-bond acceptors (Lipinski definition) is 7. The highest BCUT2D eigenvalue weighted by Crippen LogP contribution is 2.28. The first-order valence-corrected chi connectivity index (χ1v) is 13.2. The van der Waals surface area contributed by atoms with Crippen LogP contribution in [0.2, 0.25) is 0 Å². The summed E-state index contributed by atoms with van der Waals surface area (Å²) in [5.74, 6) is 0.258. The van der Waals surface area contributed by atoms with Crippen molar-refractivity contribution >= 4 is 40.8 Å². The topological polar surface area (TPSA) is 130 Å². The first kappa shape index (κ1) is 27.2. The summed E-state index contributed by atoms with van der Waals surface area (Å²) in [5.41, 5.74) is 7.67. The van der Waals surface area contributed by atoms with Crippen LogP contribution in [0.3, 0.4) is 0 Å². The molecule has 2 aromatic rings. The number of piperidine rings is 2. The third-order valence-corrected chi connectivity index (χ3v) is 6.84. The Labute approximate surface area is 223 Å². The molecular formula is C28H38N6O4. The molecule has 0 bridgehead atoms. The van der Waals surface area contributed by atoms with E-state index in [0.29, 0.717) is 43.0 Å². The zero-order chi connectivity index (χ0) is 27.4. The van der Waals surface area contributed by atoms with Crippen molar-refractivity contribution in [2.75, 3.05) is 35.2 Å². The molecular weight excluding hydrogens is 484 g/mol. The minimum atomic E-state index is -0.569. The second-order valence-corrected chi connectivity index (χ2v) is 11.1. The zero-order valence-electron chi connectivity index (χ0n) is 22.6. The van der Waals surface area contributed by atoms with Gasteiger partial charge < -0.3 is 30.9 Å². The number of anilines is 4. The van der Waals surface area contributed by atoms with Gasteiger partial charge in [-0.1, -0.05) is 6.92 Å². The number of likely N-dealkylation sites (tertiary alicyclic amines) is 1. The molecule has 3 amide bonds. The van der Waals surface area contributed by atoms with Crippen molar-refractivity contribution in [3.8, 4) is 0 Å². The summed E-state index contributed by atoms with van der Waals surface area (Å²) in [6, 6.07) is 9.45. The van der Waals surface area contributed by atoms with E-state index in [0.717, 1.165) is 30.8 Å². The number of rotatable bonds is 6. The number of pyridine rings is 1. The zero-order valence-corrected chi connectivity index (χ0v) is 22.6. The smallest absolute Gasteiger partial charge is 0.410 e. The molecule has 10 heteroatoms. The standard InChI is InChI=1S/C28H38N6O4/c1-18-17-33(27(37)38-28(2,3)4)14-12-22(18)32-23-15-24(30-16-21(23)26(29)36)31-19-8-10-20(11-9-19)34-13-6-5-7-25(34)35/h8-11,15-16,18,22H,5-7,12-14,17H2,1-4H3,(H2,29,36)(H2,30,31,32)/t18?,22-/m1/s1. The third kappa shape index (κ3) is 6.73. The van der Waals surface area contributed by atoms with Crippen molar-refractivity contribution in [2.24, 2.45) is 11.7 Å². The predicted octanol–water partition coefficient (Wildman–Crippen LogP) is 4.50. The van der Waals surface area contributed by atoms with E-state index < -0.39 is 11.5 Å². The van der Waals surface area contributed by atoms with Crippen LogP contribution >= 0.6 is 0 Å². The maximum Gasteiger partial charge on any atom is 0.410 e. The van der Waals surface area contributed by atoms with Gasteiger partial charge >= 0.3 is 6.09 Å². The molecule has 2 saturated heterocycles. The van der Waals surface area contributed by atoms with Gasteiger partial charge in [-0.25, -0.2) is 9.78 Å². The van der Waals surface area contributed by atoms with E-state index in [1.54, 1.807) is 11.0 Å². The maximum absolute atomic E-state index is 12.5. The van der Waals surface area contributed by atoms with Gasteiger partial charge in [-0.2, -0.15) is 0 Å². The Bertz CT molecular complexity index is 1180. The Kier molecular flexibility index (Phi) is 8.08. The number of aromatic nitrogens is 1. The van der Waals surface area contributed by atoms with Crippen LogP contribution in [-0.4, -0.2) is 59.1 Å². The van der Waals surface area contributed by atoms with Crippen LogP contribution in [0.5, 0.6) is 0 Å². The molecule has 0 radical (unpaired) electrons. The van der Waals surface area contributed by atoms with E-state index in [1.807, 2.05) is 49.9 Å². The number of ether oxygens (including phenoxy) is 1. The molecule has 2 aliphatic rings. The van der Waals surface area contributed by atoms with Crippen LogP contribution in [0.15, 0.2) is 36.5 Å². The molecule has 2 aliphatic heterocycles. The fraction of sp³-hybridized carbons (Fsp3) is 0.500. The molecule has 204 valence electrons. The minimum absolute atomic E-state index is 0.0309. The number of carbonyl (C=O) groups excluding carboxylic acids is 3. The van der Waals surface area contributed by atoms with Gasteiger partial charge in [0.05, 0.1) is 11.3 Å². The number of hydrogen-bond donors (Lipinski definition) is 3. The fourth-order valence-electron chi connectivity index (χ4n) is 4.84. The van der Waals surface area contributed by atoms with E-state index in [1.165, 1.54) is 6.20 Å². The Balaban J connectivity index is 1.44. The van der Waals surface area contributed by atoms with Crippen molar-refractivity contribution in [3.05, 3.63) is 42.1 Å². The first-order chi connectivity index (χ1) is 18.0. The van der Waals surface area contributed by atoms with E-state index in [-0.39, 0.29) is 24.0 Å². The summed E-state index contributed by atoms with van der Waals surface area (Å²) in [6.07, 6.45) is 4.39. The van der Waals surface area contributed by atoms with Gasteiger partial charge in [0.25, 0.3) is 5.91 Å². The number of primary amides is 1. The van der Waals surface area contributed by atoms with Crippen LogP contribution in [0.4, 0.5) is 27.7 Å². The quantitative estimate of drug-likeness (QED) is 0.509. The highest BCUT2D eigenvalue weighted by Gasteiger charge is 2.32. The molecule has 0 aliphatic carbocycles. The number of nitrogens with one attached hydrogen (secondary N) is 2.